The summed E-state index contributed by atoms with van der Waals surface area (Å²) in [5, 5.41) is 2.43. The van der Waals surface area contributed by atoms with E-state index >= 15 is 0 Å². The molecule has 0 unspecified atom stereocenters. The first-order valence-corrected chi connectivity index (χ1v) is 4.39. The molecule has 76 valence electrons. The van der Waals surface area contributed by atoms with Gasteiger partial charge < -0.3 is 10.1 Å². The molecule has 0 fully saturated rings. The zero-order chi connectivity index (χ0) is 10.2. The minimum Gasteiger partial charge on any atom is -0.410 e. The van der Waals surface area contributed by atoms with Crippen molar-refractivity contribution < 1.29 is 13.9 Å². The average Bonchev–Trinajstić information content (AvgIpc) is 2.20. The fraction of sp³-hybridized carbons (Fsp3) is 0.300. The van der Waals surface area contributed by atoms with Gasteiger partial charge in [0.05, 0.1) is 6.67 Å². The van der Waals surface area contributed by atoms with Gasteiger partial charge in [-0.2, -0.15) is 0 Å². The Morgan fingerprint density at radius 1 is 1.36 bits per heavy atom. The van der Waals surface area contributed by atoms with E-state index in [1.54, 1.807) is 24.3 Å². The molecule has 0 spiro atoms. The predicted octanol–water partition coefficient (Wildman–Crippen LogP) is 2.13. The first-order chi connectivity index (χ1) is 6.83. The van der Waals surface area contributed by atoms with E-state index in [9.17, 15) is 9.18 Å². The van der Waals surface area contributed by atoms with Crippen LogP contribution in [-0.4, -0.2) is 19.3 Å². The van der Waals surface area contributed by atoms with Gasteiger partial charge in [-0.25, -0.2) is 4.79 Å². The van der Waals surface area contributed by atoms with Crippen molar-refractivity contribution in [3.05, 3.63) is 30.3 Å². The Bertz CT molecular complexity index is 277. The van der Waals surface area contributed by atoms with Gasteiger partial charge in [0.15, 0.2) is 0 Å². The van der Waals surface area contributed by atoms with E-state index in [0.29, 0.717) is 18.7 Å². The number of ether oxygens (including phenoxy) is 1. The molecule has 0 aromatic heterocycles. The van der Waals surface area contributed by atoms with Crippen molar-refractivity contribution in [2.75, 3.05) is 13.2 Å². The lowest BCUT2D eigenvalue weighted by atomic mass is 10.3. The second kappa shape index (κ2) is 5.96. The molecule has 1 aromatic carbocycles. The molecular formula is C10H12FNO2. The number of hydrogen-bond acceptors (Lipinski definition) is 2. The highest BCUT2D eigenvalue weighted by molar-refractivity contribution is 5.70. The van der Waals surface area contributed by atoms with Crippen LogP contribution < -0.4 is 10.1 Å². The summed E-state index contributed by atoms with van der Waals surface area (Å²) in [6.45, 7) is -0.145. The smallest absolute Gasteiger partial charge is 0.410 e. The maximum atomic E-state index is 11.7. The van der Waals surface area contributed by atoms with Crippen LogP contribution in [0.4, 0.5) is 9.18 Å². The molecule has 4 heteroatoms. The number of nitrogens with one attached hydrogen (secondary N) is 1. The van der Waals surface area contributed by atoms with Crippen molar-refractivity contribution in [3.63, 3.8) is 0 Å². The third-order valence-electron chi connectivity index (χ3n) is 1.53. The van der Waals surface area contributed by atoms with E-state index in [2.05, 4.69) is 5.32 Å². The minimum absolute atomic E-state index is 0.294. The first-order valence-electron chi connectivity index (χ1n) is 4.39. The maximum absolute atomic E-state index is 11.7. The van der Waals surface area contributed by atoms with Gasteiger partial charge in [-0.3, -0.25) is 4.39 Å². The van der Waals surface area contributed by atoms with E-state index in [-0.39, 0.29) is 0 Å². The summed E-state index contributed by atoms with van der Waals surface area (Å²) in [7, 11) is 0. The largest absolute Gasteiger partial charge is 0.412 e. The van der Waals surface area contributed by atoms with Gasteiger partial charge in [-0.05, 0) is 18.6 Å². The molecule has 14 heavy (non-hydrogen) atoms. The molecule has 0 radical (unpaired) electrons. The minimum atomic E-state index is -0.551. The molecule has 1 aromatic rings. The molecule has 0 aliphatic carbocycles. The Hall–Kier alpha value is -1.58. The lowest BCUT2D eigenvalue weighted by Crippen LogP contribution is -2.27. The van der Waals surface area contributed by atoms with Crippen LogP contribution in [0.3, 0.4) is 0 Å². The summed E-state index contributed by atoms with van der Waals surface area (Å²) in [5.74, 6) is 0.477. The zero-order valence-electron chi connectivity index (χ0n) is 7.70. The standard InChI is InChI=1S/C10H12FNO2/c11-7-4-8-12-10(13)14-9-5-2-1-3-6-9/h1-3,5-6H,4,7-8H2,(H,12,13). The molecule has 0 aliphatic rings. The van der Waals surface area contributed by atoms with E-state index < -0.39 is 12.8 Å². The van der Waals surface area contributed by atoms with Crippen molar-refractivity contribution >= 4 is 6.09 Å². The molecule has 3 nitrogen and oxygen atoms in total. The van der Waals surface area contributed by atoms with Crippen molar-refractivity contribution in [2.24, 2.45) is 0 Å². The van der Waals surface area contributed by atoms with Crippen LogP contribution in [0.2, 0.25) is 0 Å². The van der Waals surface area contributed by atoms with Crippen LogP contribution >= 0.6 is 0 Å². The monoisotopic (exact) mass is 197 g/mol. The first kappa shape index (κ1) is 10.5. The van der Waals surface area contributed by atoms with Crippen molar-refractivity contribution in [1.82, 2.24) is 5.32 Å². The van der Waals surface area contributed by atoms with E-state index in [4.69, 9.17) is 4.74 Å². The summed E-state index contributed by atoms with van der Waals surface area (Å²) in [6.07, 6.45) is -0.242. The molecule has 0 atom stereocenters. The van der Waals surface area contributed by atoms with E-state index in [1.165, 1.54) is 0 Å². The molecule has 0 aliphatic heterocycles. The van der Waals surface area contributed by atoms with Gasteiger partial charge >= 0.3 is 6.09 Å². The third-order valence-corrected chi connectivity index (χ3v) is 1.53. The van der Waals surface area contributed by atoms with Gasteiger partial charge in [0, 0.05) is 6.54 Å². The average molecular weight is 197 g/mol. The predicted molar refractivity (Wildman–Crippen MR) is 51.1 cm³/mol. The quantitative estimate of drug-likeness (QED) is 0.751. The number of halogens is 1. The molecule has 1 rings (SSSR count). The van der Waals surface area contributed by atoms with Crippen LogP contribution in [0, 0.1) is 0 Å². The van der Waals surface area contributed by atoms with Crippen molar-refractivity contribution in [2.45, 2.75) is 6.42 Å². The second-order valence-corrected chi connectivity index (χ2v) is 2.67. The number of amides is 1. The summed E-state index contributed by atoms with van der Waals surface area (Å²) in [5.41, 5.74) is 0. The highest BCUT2D eigenvalue weighted by atomic mass is 19.1. The van der Waals surface area contributed by atoms with E-state index in [1.807, 2.05) is 6.07 Å². The summed E-state index contributed by atoms with van der Waals surface area (Å²) in [6, 6.07) is 8.71. The number of benzene rings is 1. The van der Waals surface area contributed by atoms with Crippen LogP contribution in [0.15, 0.2) is 30.3 Å². The fourth-order valence-corrected chi connectivity index (χ4v) is 0.889. The molecule has 0 bridgehead atoms. The van der Waals surface area contributed by atoms with Gasteiger partial charge in [0.25, 0.3) is 0 Å². The lowest BCUT2D eigenvalue weighted by Gasteiger charge is -2.04. The summed E-state index contributed by atoms with van der Waals surface area (Å²) < 4.78 is 16.6. The van der Waals surface area contributed by atoms with Crippen molar-refractivity contribution in [3.8, 4) is 5.75 Å². The Morgan fingerprint density at radius 3 is 2.71 bits per heavy atom. The lowest BCUT2D eigenvalue weighted by molar-refractivity contribution is 0.200. The number of hydrogen-bond donors (Lipinski definition) is 1. The van der Waals surface area contributed by atoms with Gasteiger partial charge in [0.2, 0.25) is 0 Å². The molecule has 1 amide bonds. The van der Waals surface area contributed by atoms with Crippen LogP contribution in [0.5, 0.6) is 5.75 Å². The van der Waals surface area contributed by atoms with Gasteiger partial charge in [-0.1, -0.05) is 18.2 Å². The fourth-order valence-electron chi connectivity index (χ4n) is 0.889. The Morgan fingerprint density at radius 2 is 2.07 bits per heavy atom. The maximum Gasteiger partial charge on any atom is 0.412 e. The number of carbonyl (C=O) groups is 1. The molecule has 1 N–H and O–H groups in total. The highest BCUT2D eigenvalue weighted by Gasteiger charge is 2.01. The summed E-state index contributed by atoms with van der Waals surface area (Å²) in [4.78, 5) is 11.0. The topological polar surface area (TPSA) is 38.3 Å². The number of rotatable bonds is 4. The SMILES string of the molecule is O=C(NCCCF)Oc1ccccc1. The Labute approximate surface area is 81.9 Å². The number of para-hydroxylation sites is 1. The molecule has 0 saturated carbocycles. The summed E-state index contributed by atoms with van der Waals surface area (Å²) >= 11 is 0. The molecule has 0 saturated heterocycles. The third kappa shape index (κ3) is 3.89. The van der Waals surface area contributed by atoms with Crippen molar-refractivity contribution in [1.29, 1.82) is 0 Å². The Kier molecular flexibility index (Phi) is 4.47. The van der Waals surface area contributed by atoms with Crippen LogP contribution in [0.1, 0.15) is 6.42 Å². The molecular weight excluding hydrogens is 185 g/mol. The molecule has 0 heterocycles. The Balaban J connectivity index is 2.27. The van der Waals surface area contributed by atoms with E-state index in [0.717, 1.165) is 0 Å². The number of alkyl halides is 1. The normalized spacial score (nSPS) is 9.50. The van der Waals surface area contributed by atoms with Gasteiger partial charge in [-0.15, -0.1) is 0 Å². The van der Waals surface area contributed by atoms with Crippen LogP contribution in [-0.2, 0) is 0 Å². The zero-order valence-corrected chi connectivity index (χ0v) is 7.70. The highest BCUT2D eigenvalue weighted by Crippen LogP contribution is 2.07. The van der Waals surface area contributed by atoms with Crippen LogP contribution in [0.25, 0.3) is 0 Å². The van der Waals surface area contributed by atoms with Gasteiger partial charge in [0.1, 0.15) is 5.75 Å². The second-order valence-electron chi connectivity index (χ2n) is 2.67. The number of carbonyl (C=O) groups excluding carboxylic acids is 1.